The highest BCUT2D eigenvalue weighted by atomic mass is 19.1. The van der Waals surface area contributed by atoms with Crippen LogP contribution < -0.4 is 5.32 Å². The largest absolute Gasteiger partial charge is 0.393 e. The van der Waals surface area contributed by atoms with Crippen molar-refractivity contribution in [3.63, 3.8) is 0 Å². The average molecular weight is 443 g/mol. The number of aliphatic hydroxyl groups is 1. The second-order valence-electron chi connectivity index (χ2n) is 7.60. The van der Waals surface area contributed by atoms with Crippen molar-refractivity contribution < 1.29 is 27.8 Å². The number of halogens is 3. The van der Waals surface area contributed by atoms with Gasteiger partial charge in [0.05, 0.1) is 35.8 Å². The number of carbonyl (C=O) groups excluding carboxylic acids is 1. The van der Waals surface area contributed by atoms with Gasteiger partial charge in [-0.1, -0.05) is 6.07 Å². The van der Waals surface area contributed by atoms with Gasteiger partial charge >= 0.3 is 0 Å². The van der Waals surface area contributed by atoms with Crippen molar-refractivity contribution in [3.8, 4) is 11.3 Å². The molecule has 1 aliphatic heterocycles. The minimum absolute atomic E-state index is 0.169. The van der Waals surface area contributed by atoms with Gasteiger partial charge in [0.15, 0.2) is 0 Å². The monoisotopic (exact) mass is 443 g/mol. The van der Waals surface area contributed by atoms with E-state index >= 15 is 0 Å². The standard InChI is InChI=1S/C23H20F3N3O3/c1-12-9-13(30)10-20(32-12)14-7-8-27-11-19(14)29-23(31)18-6-5-17(26)22(28-18)21-15(24)3-2-4-16(21)25/h2-8,11-13,20,30H,9-10H2,1H3,(H,29,31)/t12-,13-,20-/m1/s1. The van der Waals surface area contributed by atoms with Crippen LogP contribution in [0.1, 0.15) is 41.9 Å². The SMILES string of the molecule is C[C@@H]1C[C@@H](O)C[C@H](c2ccncc2NC(=O)c2ccc(F)c(-c3c(F)cccc3F)n2)O1. The van der Waals surface area contributed by atoms with Crippen LogP contribution in [0.5, 0.6) is 0 Å². The Morgan fingerprint density at radius 2 is 1.84 bits per heavy atom. The molecule has 9 heteroatoms. The summed E-state index contributed by atoms with van der Waals surface area (Å²) in [7, 11) is 0. The molecule has 0 aliphatic carbocycles. The number of rotatable bonds is 4. The van der Waals surface area contributed by atoms with Gasteiger partial charge in [-0.2, -0.15) is 0 Å². The van der Waals surface area contributed by atoms with Crippen LogP contribution in [0.25, 0.3) is 11.3 Å². The smallest absolute Gasteiger partial charge is 0.274 e. The van der Waals surface area contributed by atoms with Gasteiger partial charge in [-0.25, -0.2) is 18.2 Å². The lowest BCUT2D eigenvalue weighted by Gasteiger charge is -2.32. The number of carbonyl (C=O) groups is 1. The minimum atomic E-state index is -0.995. The summed E-state index contributed by atoms with van der Waals surface area (Å²) in [5.74, 6) is -3.68. The molecule has 2 aromatic heterocycles. The van der Waals surface area contributed by atoms with E-state index in [0.29, 0.717) is 24.1 Å². The second-order valence-corrected chi connectivity index (χ2v) is 7.60. The van der Waals surface area contributed by atoms with Crippen LogP contribution in [0.2, 0.25) is 0 Å². The first kappa shape index (κ1) is 21.9. The number of benzene rings is 1. The lowest BCUT2D eigenvalue weighted by atomic mass is 9.96. The number of nitrogens with zero attached hydrogens (tertiary/aromatic N) is 2. The topological polar surface area (TPSA) is 84.3 Å². The molecule has 32 heavy (non-hydrogen) atoms. The normalized spacial score (nSPS) is 20.7. The minimum Gasteiger partial charge on any atom is -0.393 e. The van der Waals surface area contributed by atoms with Gasteiger partial charge in [-0.15, -0.1) is 0 Å². The van der Waals surface area contributed by atoms with Gasteiger partial charge < -0.3 is 15.2 Å². The third-order valence-corrected chi connectivity index (χ3v) is 5.21. The molecule has 4 rings (SSSR count). The van der Waals surface area contributed by atoms with Crippen LogP contribution in [0.3, 0.4) is 0 Å². The lowest BCUT2D eigenvalue weighted by molar-refractivity contribution is -0.0892. The van der Waals surface area contributed by atoms with E-state index in [9.17, 15) is 23.1 Å². The van der Waals surface area contributed by atoms with Gasteiger partial charge in [0, 0.05) is 18.2 Å². The van der Waals surface area contributed by atoms with Gasteiger partial charge in [0.25, 0.3) is 5.91 Å². The number of aliphatic hydroxyl groups excluding tert-OH is 1. The Morgan fingerprint density at radius 3 is 2.56 bits per heavy atom. The summed E-state index contributed by atoms with van der Waals surface area (Å²) in [6, 6.07) is 6.82. The fourth-order valence-electron chi connectivity index (χ4n) is 3.76. The van der Waals surface area contributed by atoms with Gasteiger partial charge in [-0.3, -0.25) is 9.78 Å². The zero-order valence-corrected chi connectivity index (χ0v) is 17.1. The van der Waals surface area contributed by atoms with Crippen molar-refractivity contribution >= 4 is 11.6 Å². The number of nitrogens with one attached hydrogen (secondary N) is 1. The molecule has 3 heterocycles. The van der Waals surface area contributed by atoms with Crippen LogP contribution in [0, 0.1) is 17.5 Å². The lowest BCUT2D eigenvalue weighted by Crippen LogP contribution is -2.30. The maximum Gasteiger partial charge on any atom is 0.274 e. The summed E-state index contributed by atoms with van der Waals surface area (Å²) >= 11 is 0. The molecule has 6 nitrogen and oxygen atoms in total. The number of anilines is 1. The number of hydrogen-bond donors (Lipinski definition) is 2. The zero-order valence-electron chi connectivity index (χ0n) is 17.1. The number of ether oxygens (including phenoxy) is 1. The molecule has 2 N–H and O–H groups in total. The molecule has 0 radical (unpaired) electrons. The van der Waals surface area contributed by atoms with Crippen molar-refractivity contribution in [1.82, 2.24) is 9.97 Å². The van der Waals surface area contributed by atoms with E-state index in [4.69, 9.17) is 4.74 Å². The highest BCUT2D eigenvalue weighted by molar-refractivity contribution is 6.03. The summed E-state index contributed by atoms with van der Waals surface area (Å²) in [5, 5.41) is 12.7. The van der Waals surface area contributed by atoms with Crippen molar-refractivity contribution in [1.29, 1.82) is 0 Å². The molecular weight excluding hydrogens is 423 g/mol. The Hall–Kier alpha value is -3.30. The molecule has 3 aromatic rings. The number of aromatic nitrogens is 2. The van der Waals surface area contributed by atoms with E-state index in [-0.39, 0.29) is 11.8 Å². The molecule has 1 saturated heterocycles. The molecular formula is C23H20F3N3O3. The van der Waals surface area contributed by atoms with Gasteiger partial charge in [0.1, 0.15) is 28.8 Å². The highest BCUT2D eigenvalue weighted by Crippen LogP contribution is 2.35. The van der Waals surface area contributed by atoms with Crippen LogP contribution in [-0.4, -0.2) is 33.2 Å². The molecule has 1 fully saturated rings. The fraction of sp³-hybridized carbons (Fsp3) is 0.261. The first-order valence-electron chi connectivity index (χ1n) is 10.0. The van der Waals surface area contributed by atoms with Crippen LogP contribution >= 0.6 is 0 Å². The molecule has 0 unspecified atom stereocenters. The predicted octanol–water partition coefficient (Wildman–Crippen LogP) is 4.41. The average Bonchev–Trinajstić information content (AvgIpc) is 2.74. The Balaban J connectivity index is 1.64. The van der Waals surface area contributed by atoms with E-state index in [1.807, 2.05) is 6.92 Å². The van der Waals surface area contributed by atoms with Crippen LogP contribution in [0.15, 0.2) is 48.8 Å². The van der Waals surface area contributed by atoms with Crippen molar-refractivity contribution in [2.24, 2.45) is 0 Å². The quantitative estimate of drug-likeness (QED) is 0.624. The second kappa shape index (κ2) is 9.05. The van der Waals surface area contributed by atoms with E-state index in [0.717, 1.165) is 30.3 Å². The van der Waals surface area contributed by atoms with Crippen LogP contribution in [0.4, 0.5) is 18.9 Å². The molecule has 0 spiro atoms. The third kappa shape index (κ3) is 4.49. The van der Waals surface area contributed by atoms with Crippen molar-refractivity contribution in [2.75, 3.05) is 5.32 Å². The van der Waals surface area contributed by atoms with Crippen molar-refractivity contribution in [2.45, 2.75) is 38.1 Å². The maximum atomic E-state index is 14.3. The maximum absolute atomic E-state index is 14.3. The van der Waals surface area contributed by atoms with Gasteiger partial charge in [0.2, 0.25) is 0 Å². The summed E-state index contributed by atoms with van der Waals surface area (Å²) in [4.78, 5) is 20.7. The molecule has 0 saturated carbocycles. The third-order valence-electron chi connectivity index (χ3n) is 5.21. The first-order chi connectivity index (χ1) is 15.3. The zero-order chi connectivity index (χ0) is 22.8. The number of hydrogen-bond acceptors (Lipinski definition) is 5. The molecule has 3 atom stereocenters. The number of amides is 1. The first-order valence-corrected chi connectivity index (χ1v) is 10.0. The fourth-order valence-corrected chi connectivity index (χ4v) is 3.76. The Kier molecular flexibility index (Phi) is 6.20. The summed E-state index contributed by atoms with van der Waals surface area (Å²) in [6.45, 7) is 1.85. The molecule has 1 amide bonds. The number of pyridine rings is 2. The Morgan fingerprint density at radius 1 is 1.09 bits per heavy atom. The highest BCUT2D eigenvalue weighted by Gasteiger charge is 2.29. The molecule has 166 valence electrons. The molecule has 1 aromatic carbocycles. The van der Waals surface area contributed by atoms with E-state index in [1.54, 1.807) is 6.07 Å². The van der Waals surface area contributed by atoms with Crippen LogP contribution in [-0.2, 0) is 4.74 Å². The summed E-state index contributed by atoms with van der Waals surface area (Å²) in [6.07, 6.45) is 2.64. The Labute approximate surface area is 182 Å². The van der Waals surface area contributed by atoms with E-state index in [1.165, 1.54) is 12.4 Å². The molecule has 0 bridgehead atoms. The Bertz CT molecular complexity index is 1130. The summed E-state index contributed by atoms with van der Waals surface area (Å²) in [5.41, 5.74) is -0.556. The molecule has 1 aliphatic rings. The van der Waals surface area contributed by atoms with E-state index < -0.39 is 46.8 Å². The predicted molar refractivity (Wildman–Crippen MR) is 110 cm³/mol. The van der Waals surface area contributed by atoms with E-state index in [2.05, 4.69) is 15.3 Å². The van der Waals surface area contributed by atoms with Gasteiger partial charge in [-0.05, 0) is 43.7 Å². The summed E-state index contributed by atoms with van der Waals surface area (Å²) < 4.78 is 48.5. The van der Waals surface area contributed by atoms with Crippen molar-refractivity contribution in [3.05, 3.63) is 77.5 Å².